The molecule has 0 unspecified atom stereocenters. The topological polar surface area (TPSA) is 66.7 Å². The van der Waals surface area contributed by atoms with Crippen molar-refractivity contribution in [2.24, 2.45) is 5.41 Å². The van der Waals surface area contributed by atoms with Crippen molar-refractivity contribution in [3.63, 3.8) is 0 Å². The zero-order valence-corrected chi connectivity index (χ0v) is 12.7. The van der Waals surface area contributed by atoms with Crippen LogP contribution in [0.5, 0.6) is 0 Å². The largest absolute Gasteiger partial charge is 0.335 e. The third kappa shape index (κ3) is 2.39. The molecule has 0 bridgehead atoms. The van der Waals surface area contributed by atoms with Gasteiger partial charge < -0.3 is 4.90 Å². The third-order valence-electron chi connectivity index (χ3n) is 5.46. The van der Waals surface area contributed by atoms with E-state index in [4.69, 9.17) is 0 Å². The molecule has 6 nitrogen and oxygen atoms in total. The smallest absolute Gasteiger partial charge is 0.285 e. The summed E-state index contributed by atoms with van der Waals surface area (Å²) in [6, 6.07) is 3.85. The predicted molar refractivity (Wildman–Crippen MR) is 80.6 cm³/mol. The number of carbonyl (C=O) groups excluding carboxylic acids is 1. The summed E-state index contributed by atoms with van der Waals surface area (Å²) in [5, 5.41) is 11.1. The lowest BCUT2D eigenvalue weighted by Crippen LogP contribution is -2.52. The van der Waals surface area contributed by atoms with Gasteiger partial charge in [-0.2, -0.15) is 0 Å². The molecule has 3 aliphatic rings. The number of fused-ring (bicyclic) bond motifs is 1. The number of benzene rings is 1. The number of nitrogens with zero attached hydrogens (tertiary/aromatic N) is 3. The summed E-state index contributed by atoms with van der Waals surface area (Å²) in [5.41, 5.74) is -0.416. The van der Waals surface area contributed by atoms with Gasteiger partial charge in [-0.25, -0.2) is 4.39 Å². The van der Waals surface area contributed by atoms with E-state index < -0.39 is 27.9 Å². The van der Waals surface area contributed by atoms with E-state index >= 15 is 0 Å². The van der Waals surface area contributed by atoms with Crippen LogP contribution in [-0.2, 0) is 0 Å². The first-order chi connectivity index (χ1) is 11.0. The van der Waals surface area contributed by atoms with Gasteiger partial charge in [0.05, 0.1) is 4.92 Å². The van der Waals surface area contributed by atoms with Gasteiger partial charge in [-0.15, -0.1) is 0 Å². The second kappa shape index (κ2) is 4.99. The van der Waals surface area contributed by atoms with Crippen LogP contribution in [-0.4, -0.2) is 52.9 Å². The fourth-order valence-electron chi connectivity index (χ4n) is 4.05. The maximum atomic E-state index is 14.1. The third-order valence-corrected chi connectivity index (χ3v) is 5.46. The van der Waals surface area contributed by atoms with Crippen LogP contribution >= 0.6 is 0 Å². The highest BCUT2D eigenvalue weighted by molar-refractivity contribution is 5.98. The Labute approximate surface area is 133 Å². The lowest BCUT2D eigenvalue weighted by atomic mass is 10.0. The molecule has 0 N–H and O–H groups in total. The van der Waals surface area contributed by atoms with Gasteiger partial charge in [0, 0.05) is 38.3 Å². The zero-order chi connectivity index (χ0) is 16.2. The highest BCUT2D eigenvalue weighted by Crippen LogP contribution is 2.55. The van der Waals surface area contributed by atoms with Gasteiger partial charge in [0.2, 0.25) is 0 Å². The summed E-state index contributed by atoms with van der Waals surface area (Å²) in [5.74, 6) is -1.39. The molecule has 3 fully saturated rings. The molecule has 1 aromatic rings. The predicted octanol–water partition coefficient (Wildman–Crippen LogP) is 2.04. The number of hydrogen-bond donors (Lipinski definition) is 0. The molecule has 1 spiro atoms. The van der Waals surface area contributed by atoms with E-state index in [-0.39, 0.29) is 0 Å². The molecule has 7 heteroatoms. The monoisotopic (exact) mass is 319 g/mol. The molecule has 1 aliphatic carbocycles. The molecule has 0 radical (unpaired) electrons. The molecule has 2 saturated heterocycles. The first-order valence-electron chi connectivity index (χ1n) is 7.95. The minimum Gasteiger partial charge on any atom is -0.335 e. The summed E-state index contributed by atoms with van der Waals surface area (Å²) in [4.78, 5) is 27.1. The molecule has 1 aromatic carbocycles. The highest BCUT2D eigenvalue weighted by atomic mass is 19.1. The Morgan fingerprint density at radius 1 is 1.35 bits per heavy atom. The summed E-state index contributed by atoms with van der Waals surface area (Å²) < 4.78 is 14.1. The van der Waals surface area contributed by atoms with Crippen LogP contribution in [0.2, 0.25) is 0 Å². The van der Waals surface area contributed by atoms with E-state index in [0.717, 1.165) is 25.6 Å². The zero-order valence-electron chi connectivity index (χ0n) is 12.7. The average Bonchev–Trinajstić information content (AvgIpc) is 3.15. The van der Waals surface area contributed by atoms with Crippen molar-refractivity contribution in [1.29, 1.82) is 0 Å². The first kappa shape index (κ1) is 14.6. The van der Waals surface area contributed by atoms with Gasteiger partial charge >= 0.3 is 0 Å². The van der Waals surface area contributed by atoms with E-state index in [1.807, 2.05) is 0 Å². The van der Waals surface area contributed by atoms with E-state index in [2.05, 4.69) is 4.90 Å². The summed E-state index contributed by atoms with van der Waals surface area (Å²) >= 11 is 0. The van der Waals surface area contributed by atoms with Gasteiger partial charge in [0.1, 0.15) is 5.82 Å². The molecule has 2 heterocycles. The Morgan fingerprint density at radius 2 is 2.13 bits per heavy atom. The first-order valence-corrected chi connectivity index (χ1v) is 7.95. The minimum absolute atomic E-state index is 0.307. The van der Waals surface area contributed by atoms with Crippen molar-refractivity contribution in [2.45, 2.75) is 25.3 Å². The van der Waals surface area contributed by atoms with E-state index in [1.165, 1.54) is 25.0 Å². The van der Waals surface area contributed by atoms with Gasteiger partial charge in [-0.05, 0) is 30.7 Å². The number of carbonyl (C=O) groups is 1. The second-order valence-electron chi connectivity index (χ2n) is 6.97. The average molecular weight is 319 g/mol. The van der Waals surface area contributed by atoms with Gasteiger partial charge in [-0.1, -0.05) is 6.07 Å². The minimum atomic E-state index is -0.822. The van der Waals surface area contributed by atoms with Crippen LogP contribution in [0.4, 0.5) is 10.1 Å². The van der Waals surface area contributed by atoms with E-state index in [9.17, 15) is 19.3 Å². The molecule has 122 valence electrons. The number of nitro groups is 1. The maximum absolute atomic E-state index is 14.1. The molecule has 0 aromatic heterocycles. The van der Waals surface area contributed by atoms with Crippen LogP contribution in [0.1, 0.15) is 29.6 Å². The van der Waals surface area contributed by atoms with Crippen molar-refractivity contribution < 1.29 is 14.1 Å². The van der Waals surface area contributed by atoms with Crippen LogP contribution in [0.3, 0.4) is 0 Å². The van der Waals surface area contributed by atoms with E-state index in [0.29, 0.717) is 24.5 Å². The van der Waals surface area contributed by atoms with Crippen molar-refractivity contribution in [3.05, 3.63) is 39.7 Å². The molecule has 2 aliphatic heterocycles. The molecule has 1 saturated carbocycles. The Hall–Kier alpha value is -2.02. The highest BCUT2D eigenvalue weighted by Gasteiger charge is 2.53. The quantitative estimate of drug-likeness (QED) is 0.618. The van der Waals surface area contributed by atoms with Crippen LogP contribution < -0.4 is 0 Å². The summed E-state index contributed by atoms with van der Waals surface area (Å²) in [6.45, 7) is 2.89. The van der Waals surface area contributed by atoms with Crippen molar-refractivity contribution in [1.82, 2.24) is 9.80 Å². The Morgan fingerprint density at radius 3 is 2.83 bits per heavy atom. The molecule has 4 rings (SSSR count). The summed E-state index contributed by atoms with van der Waals surface area (Å²) in [7, 11) is 0. The number of nitro benzene ring substituents is 1. The second-order valence-corrected chi connectivity index (χ2v) is 6.97. The molecular formula is C16H18FN3O3. The van der Waals surface area contributed by atoms with Gasteiger partial charge in [0.15, 0.2) is 5.56 Å². The molecular weight excluding hydrogens is 301 g/mol. The number of amides is 1. The van der Waals surface area contributed by atoms with Crippen LogP contribution in [0.25, 0.3) is 0 Å². The molecule has 1 atom stereocenters. The lowest BCUT2D eigenvalue weighted by molar-refractivity contribution is -0.385. The van der Waals surface area contributed by atoms with Gasteiger partial charge in [-0.3, -0.25) is 19.8 Å². The number of hydrogen-bond acceptors (Lipinski definition) is 4. The molecule has 23 heavy (non-hydrogen) atoms. The lowest BCUT2D eigenvalue weighted by Gasteiger charge is -2.37. The normalized spacial score (nSPS) is 25.4. The van der Waals surface area contributed by atoms with Crippen molar-refractivity contribution >= 4 is 11.6 Å². The Balaban J connectivity index is 1.57. The number of rotatable bonds is 2. The van der Waals surface area contributed by atoms with E-state index in [1.54, 1.807) is 4.90 Å². The van der Waals surface area contributed by atoms with Crippen LogP contribution in [0.15, 0.2) is 18.2 Å². The van der Waals surface area contributed by atoms with Crippen molar-refractivity contribution in [3.8, 4) is 0 Å². The Kier molecular flexibility index (Phi) is 3.16. The van der Waals surface area contributed by atoms with Crippen molar-refractivity contribution in [2.75, 3.05) is 26.2 Å². The van der Waals surface area contributed by atoms with Crippen LogP contribution in [0, 0.1) is 21.3 Å². The fourth-order valence-corrected chi connectivity index (χ4v) is 4.05. The fraction of sp³-hybridized carbons (Fsp3) is 0.562. The number of piperazine rings is 1. The van der Waals surface area contributed by atoms with Gasteiger partial charge in [0.25, 0.3) is 11.6 Å². The molecule has 1 amide bonds. The number of halogens is 1. The Bertz CT molecular complexity index is 689. The SMILES string of the molecule is O=C(c1c(F)cccc1[N+](=O)[O-])N1CCN2CC3(CC3)C[C@H]2C1. The standard InChI is InChI=1S/C16H18FN3O3/c17-12-2-1-3-13(20(22)23)14(12)15(21)18-6-7-19-10-16(4-5-16)8-11(19)9-18/h1-3,11H,4-10H2/t11-/m0/s1. The summed E-state index contributed by atoms with van der Waals surface area (Å²) in [6.07, 6.45) is 3.59. The maximum Gasteiger partial charge on any atom is 0.285 e.